The van der Waals surface area contributed by atoms with Gasteiger partial charge in [0.2, 0.25) is 10.6 Å². The number of nitrogens with zero attached hydrogens (tertiary/aromatic N) is 5. The molecule has 0 atom stereocenters. The van der Waals surface area contributed by atoms with Crippen LogP contribution in [0.3, 0.4) is 0 Å². The van der Waals surface area contributed by atoms with Crippen LogP contribution in [-0.4, -0.2) is 43.1 Å². The minimum atomic E-state index is 0.286. The minimum absolute atomic E-state index is 0.286. The van der Waals surface area contributed by atoms with Gasteiger partial charge in [-0.3, -0.25) is 4.68 Å². The first-order valence-electron chi connectivity index (χ1n) is 11.7. The molecular formula is C28H26N6O2S. The third kappa shape index (κ3) is 5.07. The van der Waals surface area contributed by atoms with E-state index in [1.54, 1.807) is 18.0 Å². The number of phenolic OH excluding ortho intramolecular Hbond substituents is 1. The number of aromatic nitrogens is 5. The lowest BCUT2D eigenvalue weighted by atomic mass is 10.1. The highest BCUT2D eigenvalue weighted by Gasteiger charge is 2.18. The largest absolute Gasteiger partial charge is 0.507 e. The van der Waals surface area contributed by atoms with E-state index in [1.807, 2.05) is 79.2 Å². The first kappa shape index (κ1) is 24.2. The second kappa shape index (κ2) is 10.2. The summed E-state index contributed by atoms with van der Waals surface area (Å²) in [6.45, 7) is 4.26. The molecule has 2 aromatic heterocycles. The second-order valence-corrected chi connectivity index (χ2v) is 9.09. The lowest BCUT2D eigenvalue weighted by Crippen LogP contribution is -2.06. The topological polar surface area (TPSA) is 93.2 Å². The maximum atomic E-state index is 10.1. The molecule has 8 nitrogen and oxygen atoms in total. The van der Waals surface area contributed by atoms with Crippen molar-refractivity contribution in [3.63, 3.8) is 0 Å². The van der Waals surface area contributed by atoms with Gasteiger partial charge in [0.1, 0.15) is 17.2 Å². The number of rotatable bonds is 7. The van der Waals surface area contributed by atoms with E-state index in [4.69, 9.17) is 22.1 Å². The summed E-state index contributed by atoms with van der Waals surface area (Å²) in [5.41, 5.74) is 6.02. The molecule has 0 fully saturated rings. The third-order valence-electron chi connectivity index (χ3n) is 6.06. The molecule has 0 unspecified atom stereocenters. The zero-order valence-corrected chi connectivity index (χ0v) is 21.5. The first-order valence-corrected chi connectivity index (χ1v) is 12.1. The van der Waals surface area contributed by atoms with Crippen molar-refractivity contribution in [1.82, 2.24) is 24.7 Å². The Balaban J connectivity index is 1.59. The number of hydrogen-bond acceptors (Lipinski definition) is 6. The molecule has 2 heterocycles. The van der Waals surface area contributed by atoms with Gasteiger partial charge >= 0.3 is 0 Å². The van der Waals surface area contributed by atoms with Gasteiger partial charge in [-0.1, -0.05) is 30.3 Å². The Bertz CT molecular complexity index is 1610. The summed E-state index contributed by atoms with van der Waals surface area (Å²) in [4.78, 5) is 0. The van der Waals surface area contributed by atoms with Gasteiger partial charge in [-0.05, 0) is 90.8 Å². The van der Waals surface area contributed by atoms with Crippen LogP contribution < -0.4 is 4.74 Å². The van der Waals surface area contributed by atoms with E-state index in [-0.39, 0.29) is 5.75 Å². The maximum Gasteiger partial charge on any atom is 0.216 e. The third-order valence-corrected chi connectivity index (χ3v) is 6.32. The number of H-pyrrole nitrogens is 1. The normalized spacial score (nSPS) is 11.3. The van der Waals surface area contributed by atoms with Gasteiger partial charge in [0.05, 0.1) is 25.6 Å². The average Bonchev–Trinajstić information content (AvgIpc) is 3.49. The molecule has 0 aliphatic heterocycles. The Morgan fingerprint density at radius 2 is 1.73 bits per heavy atom. The number of ether oxygens (including phenoxy) is 1. The van der Waals surface area contributed by atoms with Crippen LogP contribution >= 0.6 is 12.2 Å². The molecule has 186 valence electrons. The average molecular weight is 511 g/mol. The summed E-state index contributed by atoms with van der Waals surface area (Å²) in [5.74, 6) is 1.60. The predicted octanol–water partition coefficient (Wildman–Crippen LogP) is 5.73. The summed E-state index contributed by atoms with van der Waals surface area (Å²) in [6.07, 6.45) is 1.70. The number of phenols is 1. The molecule has 0 spiro atoms. The number of aromatic hydroxyl groups is 1. The monoisotopic (exact) mass is 510 g/mol. The molecule has 5 aromatic rings. The lowest BCUT2D eigenvalue weighted by Gasteiger charge is -2.07. The Morgan fingerprint density at radius 1 is 1.03 bits per heavy atom. The number of aryl methyl sites for hydroxylation is 2. The zero-order valence-electron chi connectivity index (χ0n) is 20.7. The van der Waals surface area contributed by atoms with Gasteiger partial charge in [0, 0.05) is 5.56 Å². The van der Waals surface area contributed by atoms with Crippen LogP contribution in [0.15, 0.2) is 77.9 Å². The molecule has 0 amide bonds. The maximum absolute atomic E-state index is 10.1. The van der Waals surface area contributed by atoms with Crippen LogP contribution in [-0.2, 0) is 6.54 Å². The van der Waals surface area contributed by atoms with Gasteiger partial charge in [-0.2, -0.15) is 20.0 Å². The Morgan fingerprint density at radius 3 is 2.41 bits per heavy atom. The molecule has 0 saturated carbocycles. The minimum Gasteiger partial charge on any atom is -0.507 e. The standard InChI is InChI=1S/C28H26N6O2S/c1-18-13-21(14-19(2)26(18)35)16-29-34-27(30-31-28(34)37)25-15-24(22-9-11-23(36-3)12-10-22)32-33(25)17-20-7-5-4-6-8-20/h4-16,35H,17H2,1-3H3,(H,31,37)/b29-16+. The number of nitrogens with one attached hydrogen (secondary N) is 1. The molecule has 37 heavy (non-hydrogen) atoms. The van der Waals surface area contributed by atoms with Crippen molar-refractivity contribution >= 4 is 18.4 Å². The molecule has 0 saturated heterocycles. The molecule has 0 bridgehead atoms. The van der Waals surface area contributed by atoms with Crippen LogP contribution in [0.25, 0.3) is 22.8 Å². The number of hydrogen-bond donors (Lipinski definition) is 2. The van der Waals surface area contributed by atoms with Gasteiger partial charge in [0.25, 0.3) is 0 Å². The van der Waals surface area contributed by atoms with Crippen LogP contribution in [0.5, 0.6) is 11.5 Å². The zero-order chi connectivity index (χ0) is 25.9. The van der Waals surface area contributed by atoms with Crippen molar-refractivity contribution in [3.05, 3.63) is 99.8 Å². The highest BCUT2D eigenvalue weighted by molar-refractivity contribution is 7.71. The Kier molecular flexibility index (Phi) is 6.70. The summed E-state index contributed by atoms with van der Waals surface area (Å²) in [5, 5.41) is 27.0. The highest BCUT2D eigenvalue weighted by Crippen LogP contribution is 2.28. The Hall–Kier alpha value is -4.50. The SMILES string of the molecule is COc1ccc(-c2cc(-c3n[nH]c(=S)n3/N=C/c3cc(C)c(O)c(C)c3)n(Cc3ccccc3)n2)cc1. The number of methoxy groups -OCH3 is 1. The number of aromatic amines is 1. The quantitative estimate of drug-likeness (QED) is 0.215. The summed E-state index contributed by atoms with van der Waals surface area (Å²) < 4.78 is 9.15. The van der Waals surface area contributed by atoms with Crippen molar-refractivity contribution in [2.45, 2.75) is 20.4 Å². The summed E-state index contributed by atoms with van der Waals surface area (Å²) >= 11 is 5.51. The molecule has 0 aliphatic rings. The van der Waals surface area contributed by atoms with Crippen molar-refractivity contribution in [3.8, 4) is 34.3 Å². The van der Waals surface area contributed by atoms with E-state index in [0.29, 0.717) is 17.1 Å². The fraction of sp³-hybridized carbons (Fsp3) is 0.143. The van der Waals surface area contributed by atoms with Gasteiger partial charge in [0.15, 0.2) is 0 Å². The van der Waals surface area contributed by atoms with E-state index in [0.717, 1.165) is 45.0 Å². The predicted molar refractivity (Wildman–Crippen MR) is 147 cm³/mol. The summed E-state index contributed by atoms with van der Waals surface area (Å²) in [6, 6.07) is 23.6. The van der Waals surface area contributed by atoms with Crippen molar-refractivity contribution < 1.29 is 9.84 Å². The molecular weight excluding hydrogens is 484 g/mol. The highest BCUT2D eigenvalue weighted by atomic mass is 32.1. The molecule has 9 heteroatoms. The fourth-order valence-electron chi connectivity index (χ4n) is 4.13. The van der Waals surface area contributed by atoms with Crippen LogP contribution in [0.2, 0.25) is 0 Å². The number of benzene rings is 3. The molecule has 5 rings (SSSR count). The van der Waals surface area contributed by atoms with E-state index in [2.05, 4.69) is 27.4 Å². The van der Waals surface area contributed by atoms with E-state index in [9.17, 15) is 5.11 Å². The fourth-order valence-corrected chi connectivity index (χ4v) is 4.31. The van der Waals surface area contributed by atoms with E-state index < -0.39 is 0 Å². The van der Waals surface area contributed by atoms with E-state index in [1.165, 1.54) is 0 Å². The lowest BCUT2D eigenvalue weighted by molar-refractivity contribution is 0.415. The van der Waals surface area contributed by atoms with Crippen molar-refractivity contribution in [2.75, 3.05) is 7.11 Å². The molecule has 2 N–H and O–H groups in total. The molecule has 3 aromatic carbocycles. The van der Waals surface area contributed by atoms with Gasteiger partial charge in [-0.15, -0.1) is 0 Å². The van der Waals surface area contributed by atoms with Crippen LogP contribution in [0.1, 0.15) is 22.3 Å². The van der Waals surface area contributed by atoms with Crippen molar-refractivity contribution in [1.29, 1.82) is 0 Å². The van der Waals surface area contributed by atoms with Gasteiger partial charge < -0.3 is 9.84 Å². The van der Waals surface area contributed by atoms with Crippen LogP contribution in [0.4, 0.5) is 0 Å². The van der Waals surface area contributed by atoms with Crippen LogP contribution in [0, 0.1) is 18.6 Å². The summed E-state index contributed by atoms with van der Waals surface area (Å²) in [7, 11) is 1.64. The second-order valence-electron chi connectivity index (χ2n) is 8.70. The molecule has 0 aliphatic carbocycles. The van der Waals surface area contributed by atoms with Gasteiger partial charge in [-0.25, -0.2) is 5.10 Å². The van der Waals surface area contributed by atoms with E-state index >= 15 is 0 Å². The Labute approximate surface area is 219 Å². The first-order chi connectivity index (χ1) is 17.9. The van der Waals surface area contributed by atoms with Crippen molar-refractivity contribution in [2.24, 2.45) is 5.10 Å². The molecule has 0 radical (unpaired) electrons. The smallest absolute Gasteiger partial charge is 0.216 e.